The highest BCUT2D eigenvalue weighted by Crippen LogP contribution is 2.20. The summed E-state index contributed by atoms with van der Waals surface area (Å²) in [6.07, 6.45) is 6.30. The molecule has 0 spiro atoms. The van der Waals surface area contributed by atoms with Crippen LogP contribution >= 0.6 is 0 Å². The summed E-state index contributed by atoms with van der Waals surface area (Å²) in [5, 5.41) is 0. The van der Waals surface area contributed by atoms with Crippen molar-refractivity contribution in [1.29, 1.82) is 0 Å². The molecule has 0 N–H and O–H groups in total. The Morgan fingerprint density at radius 1 is 1.33 bits per heavy atom. The van der Waals surface area contributed by atoms with Crippen LogP contribution in [0.2, 0.25) is 0 Å². The third kappa shape index (κ3) is 3.26. The molecular formula is C13H20N4O. The lowest BCUT2D eigenvalue weighted by atomic mass is 9.97. The number of rotatable bonds is 4. The number of carbonyl (C=O) groups is 1. The molecular weight excluding hydrogens is 228 g/mol. The number of hydrogen-bond donors (Lipinski definition) is 0. The number of nitrogens with zero attached hydrogens (tertiary/aromatic N) is 4. The summed E-state index contributed by atoms with van der Waals surface area (Å²) in [6.45, 7) is 3.15. The lowest BCUT2D eigenvalue weighted by molar-refractivity contribution is 0.112. The Labute approximate surface area is 108 Å². The van der Waals surface area contributed by atoms with Crippen LogP contribution in [-0.4, -0.2) is 54.9 Å². The second kappa shape index (κ2) is 5.91. The lowest BCUT2D eigenvalue weighted by Gasteiger charge is -2.33. The summed E-state index contributed by atoms with van der Waals surface area (Å²) in [5.74, 6) is 1.51. The van der Waals surface area contributed by atoms with Crippen LogP contribution in [-0.2, 0) is 0 Å². The zero-order chi connectivity index (χ0) is 13.0. The molecule has 0 aliphatic carbocycles. The Morgan fingerprint density at radius 3 is 2.44 bits per heavy atom. The van der Waals surface area contributed by atoms with Gasteiger partial charge in [-0.1, -0.05) is 0 Å². The standard InChI is InChI=1S/C13H20N4O/c1-16(2)9-11-3-5-17(6-4-11)13-14-7-12(10-18)8-15-13/h7-8,10-11H,3-6,9H2,1-2H3. The van der Waals surface area contributed by atoms with E-state index in [0.29, 0.717) is 5.56 Å². The molecule has 0 saturated carbocycles. The average molecular weight is 248 g/mol. The molecule has 1 fully saturated rings. The fourth-order valence-electron chi connectivity index (χ4n) is 2.39. The maximum Gasteiger partial charge on any atom is 0.225 e. The molecule has 2 rings (SSSR count). The molecule has 5 heteroatoms. The van der Waals surface area contributed by atoms with Crippen LogP contribution < -0.4 is 4.90 Å². The van der Waals surface area contributed by atoms with Crippen molar-refractivity contribution in [2.75, 3.05) is 38.6 Å². The summed E-state index contributed by atoms with van der Waals surface area (Å²) in [6, 6.07) is 0. The van der Waals surface area contributed by atoms with Crippen LogP contribution in [0.1, 0.15) is 23.2 Å². The van der Waals surface area contributed by atoms with Gasteiger partial charge in [0.2, 0.25) is 5.95 Å². The summed E-state index contributed by atoms with van der Waals surface area (Å²) < 4.78 is 0. The fourth-order valence-corrected chi connectivity index (χ4v) is 2.39. The quantitative estimate of drug-likeness (QED) is 0.746. The first-order valence-electron chi connectivity index (χ1n) is 6.36. The number of anilines is 1. The highest BCUT2D eigenvalue weighted by atomic mass is 16.1. The third-order valence-corrected chi connectivity index (χ3v) is 3.31. The molecule has 0 atom stereocenters. The lowest BCUT2D eigenvalue weighted by Crippen LogP contribution is -2.37. The molecule has 5 nitrogen and oxygen atoms in total. The molecule has 0 aromatic carbocycles. The first-order valence-corrected chi connectivity index (χ1v) is 6.36. The van der Waals surface area contributed by atoms with E-state index in [-0.39, 0.29) is 0 Å². The van der Waals surface area contributed by atoms with Gasteiger partial charge < -0.3 is 9.80 Å². The van der Waals surface area contributed by atoms with Gasteiger partial charge >= 0.3 is 0 Å². The SMILES string of the molecule is CN(C)CC1CCN(c2ncc(C=O)cn2)CC1. The van der Waals surface area contributed by atoms with Crippen LogP contribution in [0.5, 0.6) is 0 Å². The van der Waals surface area contributed by atoms with Crippen molar-refractivity contribution in [2.45, 2.75) is 12.8 Å². The highest BCUT2D eigenvalue weighted by molar-refractivity contribution is 5.73. The molecule has 1 aromatic rings. The minimum Gasteiger partial charge on any atom is -0.341 e. The van der Waals surface area contributed by atoms with Crippen LogP contribution in [0.3, 0.4) is 0 Å². The summed E-state index contributed by atoms with van der Waals surface area (Å²) in [4.78, 5) is 23.4. The number of piperidine rings is 1. The van der Waals surface area contributed by atoms with E-state index in [2.05, 4.69) is 33.9 Å². The van der Waals surface area contributed by atoms with Crippen LogP contribution in [0, 0.1) is 5.92 Å². The Hall–Kier alpha value is -1.49. The highest BCUT2D eigenvalue weighted by Gasteiger charge is 2.21. The number of aromatic nitrogens is 2. The molecule has 0 bridgehead atoms. The van der Waals surface area contributed by atoms with Crippen molar-refractivity contribution in [3.05, 3.63) is 18.0 Å². The molecule has 18 heavy (non-hydrogen) atoms. The van der Waals surface area contributed by atoms with Gasteiger partial charge in [0.1, 0.15) is 0 Å². The van der Waals surface area contributed by atoms with Crippen LogP contribution in [0.25, 0.3) is 0 Å². The number of aldehydes is 1. The minimum absolute atomic E-state index is 0.529. The molecule has 1 saturated heterocycles. The van der Waals surface area contributed by atoms with E-state index in [4.69, 9.17) is 0 Å². The fraction of sp³-hybridized carbons (Fsp3) is 0.615. The Bertz CT molecular complexity index is 382. The van der Waals surface area contributed by atoms with Crippen molar-refractivity contribution in [2.24, 2.45) is 5.92 Å². The second-order valence-corrected chi connectivity index (χ2v) is 5.13. The third-order valence-electron chi connectivity index (χ3n) is 3.31. The van der Waals surface area contributed by atoms with Crippen molar-refractivity contribution in [3.63, 3.8) is 0 Å². The van der Waals surface area contributed by atoms with Gasteiger partial charge in [-0.15, -0.1) is 0 Å². The zero-order valence-electron chi connectivity index (χ0n) is 11.0. The van der Waals surface area contributed by atoms with Gasteiger partial charge in [-0.3, -0.25) is 4.79 Å². The van der Waals surface area contributed by atoms with E-state index in [0.717, 1.165) is 37.8 Å². The van der Waals surface area contributed by atoms with E-state index >= 15 is 0 Å². The zero-order valence-corrected chi connectivity index (χ0v) is 11.0. The minimum atomic E-state index is 0.529. The van der Waals surface area contributed by atoms with E-state index < -0.39 is 0 Å². The predicted octanol–water partition coefficient (Wildman–Crippen LogP) is 1.07. The van der Waals surface area contributed by atoms with E-state index in [9.17, 15) is 4.79 Å². The normalized spacial score (nSPS) is 17.2. The number of carbonyl (C=O) groups excluding carboxylic acids is 1. The maximum absolute atomic E-state index is 10.5. The maximum atomic E-state index is 10.5. The Balaban J connectivity index is 1.90. The van der Waals surface area contributed by atoms with Crippen molar-refractivity contribution < 1.29 is 4.79 Å². The van der Waals surface area contributed by atoms with Crippen molar-refractivity contribution in [1.82, 2.24) is 14.9 Å². The topological polar surface area (TPSA) is 49.3 Å². The summed E-state index contributed by atoms with van der Waals surface area (Å²) in [7, 11) is 4.24. The molecule has 0 unspecified atom stereocenters. The molecule has 1 aliphatic heterocycles. The second-order valence-electron chi connectivity index (χ2n) is 5.13. The molecule has 2 heterocycles. The van der Waals surface area contributed by atoms with Crippen molar-refractivity contribution >= 4 is 12.2 Å². The Morgan fingerprint density at radius 2 is 1.94 bits per heavy atom. The molecule has 0 radical (unpaired) electrons. The predicted molar refractivity (Wildman–Crippen MR) is 70.9 cm³/mol. The smallest absolute Gasteiger partial charge is 0.225 e. The molecule has 98 valence electrons. The van der Waals surface area contributed by atoms with Gasteiger partial charge in [-0.25, -0.2) is 9.97 Å². The van der Waals surface area contributed by atoms with Gasteiger partial charge in [0.15, 0.2) is 6.29 Å². The Kier molecular flexibility index (Phi) is 4.25. The van der Waals surface area contributed by atoms with Gasteiger partial charge in [-0.05, 0) is 32.9 Å². The first-order chi connectivity index (χ1) is 8.69. The summed E-state index contributed by atoms with van der Waals surface area (Å²) >= 11 is 0. The summed E-state index contributed by atoms with van der Waals surface area (Å²) in [5.41, 5.74) is 0.529. The first kappa shape index (κ1) is 13.0. The van der Waals surface area contributed by atoms with Gasteiger partial charge in [0.25, 0.3) is 0 Å². The number of hydrogen-bond acceptors (Lipinski definition) is 5. The van der Waals surface area contributed by atoms with E-state index in [1.165, 1.54) is 12.8 Å². The molecule has 1 aromatic heterocycles. The average Bonchev–Trinajstić information content (AvgIpc) is 2.39. The van der Waals surface area contributed by atoms with E-state index in [1.54, 1.807) is 12.4 Å². The van der Waals surface area contributed by atoms with Gasteiger partial charge in [0, 0.05) is 32.0 Å². The molecule has 0 amide bonds. The monoisotopic (exact) mass is 248 g/mol. The van der Waals surface area contributed by atoms with Gasteiger partial charge in [0.05, 0.1) is 5.56 Å². The van der Waals surface area contributed by atoms with Gasteiger partial charge in [-0.2, -0.15) is 0 Å². The van der Waals surface area contributed by atoms with Crippen molar-refractivity contribution in [3.8, 4) is 0 Å². The van der Waals surface area contributed by atoms with Crippen LogP contribution in [0.4, 0.5) is 5.95 Å². The van der Waals surface area contributed by atoms with E-state index in [1.807, 2.05) is 0 Å². The largest absolute Gasteiger partial charge is 0.341 e. The molecule has 1 aliphatic rings. The van der Waals surface area contributed by atoms with Crippen LogP contribution in [0.15, 0.2) is 12.4 Å².